The van der Waals surface area contributed by atoms with Crippen LogP contribution in [0.1, 0.15) is 34.9 Å². The van der Waals surface area contributed by atoms with Gasteiger partial charge in [-0.3, -0.25) is 4.79 Å². The van der Waals surface area contributed by atoms with Gasteiger partial charge in [0, 0.05) is 18.2 Å². The summed E-state index contributed by atoms with van der Waals surface area (Å²) in [5, 5.41) is 2.82. The highest BCUT2D eigenvalue weighted by Gasteiger charge is 2.33. The Kier molecular flexibility index (Phi) is 3.83. The van der Waals surface area contributed by atoms with E-state index in [1.807, 2.05) is 0 Å². The van der Waals surface area contributed by atoms with E-state index in [0.717, 1.165) is 6.07 Å². The second-order valence-electron chi connectivity index (χ2n) is 5.33. The van der Waals surface area contributed by atoms with Gasteiger partial charge >= 0.3 is 0 Å². The summed E-state index contributed by atoms with van der Waals surface area (Å²) in [6.45, 7) is 0. The minimum atomic E-state index is -0.586. The molecule has 0 atom stereocenters. The third kappa shape index (κ3) is 2.81. The molecule has 1 aromatic carbocycles. The molecule has 1 aromatic heterocycles. The molecule has 4 nitrogen and oxygen atoms in total. The van der Waals surface area contributed by atoms with Crippen molar-refractivity contribution in [2.24, 2.45) is 0 Å². The van der Waals surface area contributed by atoms with E-state index in [-0.39, 0.29) is 29.6 Å². The van der Waals surface area contributed by atoms with Gasteiger partial charge in [0.05, 0.1) is 7.11 Å². The number of benzene rings is 1. The summed E-state index contributed by atoms with van der Waals surface area (Å²) in [7, 11) is 1.45. The molecule has 1 N–H and O–H groups in total. The summed E-state index contributed by atoms with van der Waals surface area (Å²) < 4.78 is 36.6. The molecule has 1 saturated carbocycles. The number of carbonyl (C=O) groups excluding carboxylic acids is 1. The number of ether oxygens (including phenoxy) is 1. The second kappa shape index (κ2) is 5.79. The lowest BCUT2D eigenvalue weighted by Crippen LogP contribution is -2.43. The normalized spacial score (nSPS) is 20.3. The molecule has 0 saturated heterocycles. The van der Waals surface area contributed by atoms with E-state index in [1.54, 1.807) is 6.07 Å². The van der Waals surface area contributed by atoms with Gasteiger partial charge in [-0.1, -0.05) is 6.07 Å². The molecule has 6 heteroatoms. The maximum atomic E-state index is 13.7. The van der Waals surface area contributed by atoms with E-state index in [1.165, 1.54) is 25.3 Å². The zero-order valence-corrected chi connectivity index (χ0v) is 11.9. The maximum Gasteiger partial charge on any atom is 0.287 e. The van der Waals surface area contributed by atoms with Gasteiger partial charge in [-0.25, -0.2) is 8.78 Å². The topological polar surface area (TPSA) is 51.5 Å². The van der Waals surface area contributed by atoms with E-state index in [0.29, 0.717) is 18.4 Å². The molecule has 1 heterocycles. The molecule has 22 heavy (non-hydrogen) atoms. The monoisotopic (exact) mass is 307 g/mol. The van der Waals surface area contributed by atoms with Crippen LogP contribution in [0.4, 0.5) is 8.78 Å². The number of amides is 1. The van der Waals surface area contributed by atoms with Crippen LogP contribution in [0, 0.1) is 11.6 Å². The van der Waals surface area contributed by atoms with Crippen molar-refractivity contribution in [2.45, 2.75) is 24.8 Å². The lowest BCUT2D eigenvalue weighted by molar-refractivity contribution is 0.0874. The van der Waals surface area contributed by atoms with Gasteiger partial charge in [0.1, 0.15) is 11.6 Å². The van der Waals surface area contributed by atoms with Crippen LogP contribution < -0.4 is 10.1 Å². The first kappa shape index (κ1) is 14.6. The molecule has 0 spiro atoms. The molecule has 1 fully saturated rings. The van der Waals surface area contributed by atoms with Crippen molar-refractivity contribution in [3.05, 3.63) is 53.3 Å². The van der Waals surface area contributed by atoms with Crippen LogP contribution in [-0.2, 0) is 0 Å². The number of furan rings is 1. The van der Waals surface area contributed by atoms with Crippen LogP contribution in [0.15, 0.2) is 34.7 Å². The van der Waals surface area contributed by atoms with Crippen LogP contribution in [-0.4, -0.2) is 19.1 Å². The van der Waals surface area contributed by atoms with Gasteiger partial charge in [0.2, 0.25) is 0 Å². The molecular weight excluding hydrogens is 292 g/mol. The van der Waals surface area contributed by atoms with Crippen molar-refractivity contribution in [3.63, 3.8) is 0 Å². The van der Waals surface area contributed by atoms with E-state index in [2.05, 4.69) is 5.32 Å². The van der Waals surface area contributed by atoms with Crippen molar-refractivity contribution >= 4 is 5.91 Å². The average Bonchev–Trinajstić information content (AvgIpc) is 2.92. The van der Waals surface area contributed by atoms with Crippen molar-refractivity contribution in [2.75, 3.05) is 7.11 Å². The molecule has 116 valence electrons. The Bertz CT molecular complexity index is 692. The van der Waals surface area contributed by atoms with Crippen molar-refractivity contribution in [1.82, 2.24) is 5.32 Å². The van der Waals surface area contributed by atoms with Crippen LogP contribution in [0.2, 0.25) is 0 Å². The number of hydrogen-bond acceptors (Lipinski definition) is 3. The fraction of sp³-hybridized carbons (Fsp3) is 0.312. The highest BCUT2D eigenvalue weighted by molar-refractivity contribution is 5.91. The van der Waals surface area contributed by atoms with E-state index >= 15 is 0 Å². The average molecular weight is 307 g/mol. The quantitative estimate of drug-likeness (QED) is 0.943. The molecule has 0 unspecified atom stereocenters. The molecule has 1 aliphatic rings. The van der Waals surface area contributed by atoms with Gasteiger partial charge in [-0.15, -0.1) is 0 Å². The number of carbonyl (C=O) groups is 1. The Hall–Kier alpha value is -2.37. The Morgan fingerprint density at radius 2 is 2.05 bits per heavy atom. The predicted molar refractivity (Wildman–Crippen MR) is 74.8 cm³/mol. The summed E-state index contributed by atoms with van der Waals surface area (Å²) in [4.78, 5) is 11.9. The molecule has 1 aliphatic carbocycles. The third-order valence-corrected chi connectivity index (χ3v) is 3.88. The summed E-state index contributed by atoms with van der Waals surface area (Å²) >= 11 is 0. The lowest BCUT2D eigenvalue weighted by atomic mass is 9.75. The fourth-order valence-corrected chi connectivity index (χ4v) is 2.63. The number of rotatable bonds is 4. The summed E-state index contributed by atoms with van der Waals surface area (Å²) in [5.74, 6) is -1.01. The first-order valence-corrected chi connectivity index (χ1v) is 6.96. The molecule has 2 aromatic rings. The van der Waals surface area contributed by atoms with Gasteiger partial charge in [0.25, 0.3) is 11.9 Å². The van der Waals surface area contributed by atoms with Gasteiger partial charge in [0.15, 0.2) is 5.76 Å². The number of methoxy groups -OCH3 is 1. The van der Waals surface area contributed by atoms with Crippen LogP contribution in [0.25, 0.3) is 0 Å². The zero-order valence-electron chi connectivity index (χ0n) is 11.9. The summed E-state index contributed by atoms with van der Waals surface area (Å²) in [6, 6.07) is 6.65. The van der Waals surface area contributed by atoms with Gasteiger partial charge < -0.3 is 14.5 Å². The third-order valence-electron chi connectivity index (χ3n) is 3.88. The Balaban J connectivity index is 1.56. The zero-order chi connectivity index (χ0) is 15.7. The Morgan fingerprint density at radius 1 is 1.27 bits per heavy atom. The molecule has 3 rings (SSSR count). The van der Waals surface area contributed by atoms with Gasteiger partial charge in [-0.2, -0.15) is 0 Å². The molecule has 0 bridgehead atoms. The Morgan fingerprint density at radius 3 is 2.68 bits per heavy atom. The standard InChI is InChI=1S/C16H15F2NO3/c1-21-15-5-4-14(22-15)16(20)19-11-6-9(7-11)12-3-2-10(17)8-13(12)18/h2-5,8-9,11H,6-7H2,1H3,(H,19,20). The van der Waals surface area contributed by atoms with Crippen molar-refractivity contribution in [3.8, 4) is 5.95 Å². The second-order valence-corrected chi connectivity index (χ2v) is 5.33. The first-order chi connectivity index (χ1) is 10.6. The number of nitrogens with one attached hydrogen (secondary N) is 1. The summed E-state index contributed by atoms with van der Waals surface area (Å²) in [6.07, 6.45) is 1.23. The van der Waals surface area contributed by atoms with Crippen LogP contribution in [0.5, 0.6) is 5.95 Å². The minimum Gasteiger partial charge on any atom is -0.468 e. The largest absolute Gasteiger partial charge is 0.468 e. The SMILES string of the molecule is COc1ccc(C(=O)NC2CC(c3ccc(F)cc3F)C2)o1. The van der Waals surface area contributed by atoms with Crippen LogP contribution >= 0.6 is 0 Å². The number of hydrogen-bond donors (Lipinski definition) is 1. The molecule has 0 radical (unpaired) electrons. The fourth-order valence-electron chi connectivity index (χ4n) is 2.63. The van der Waals surface area contributed by atoms with Crippen molar-refractivity contribution < 1.29 is 22.7 Å². The van der Waals surface area contributed by atoms with E-state index < -0.39 is 11.6 Å². The predicted octanol–water partition coefficient (Wildman–Crippen LogP) is 3.24. The highest BCUT2D eigenvalue weighted by atomic mass is 19.1. The first-order valence-electron chi connectivity index (χ1n) is 6.96. The molecule has 1 amide bonds. The minimum absolute atomic E-state index is 0.00274. The van der Waals surface area contributed by atoms with Gasteiger partial charge in [-0.05, 0) is 36.5 Å². The van der Waals surface area contributed by atoms with Crippen molar-refractivity contribution in [1.29, 1.82) is 0 Å². The summed E-state index contributed by atoms with van der Waals surface area (Å²) in [5.41, 5.74) is 0.492. The highest BCUT2D eigenvalue weighted by Crippen LogP contribution is 2.38. The van der Waals surface area contributed by atoms with E-state index in [9.17, 15) is 13.6 Å². The molecule has 0 aliphatic heterocycles. The van der Waals surface area contributed by atoms with E-state index in [4.69, 9.17) is 9.15 Å². The van der Waals surface area contributed by atoms with Crippen LogP contribution in [0.3, 0.4) is 0 Å². The molecular formula is C16H15F2NO3. The lowest BCUT2D eigenvalue weighted by Gasteiger charge is -2.36. The smallest absolute Gasteiger partial charge is 0.287 e. The maximum absolute atomic E-state index is 13.7. The Labute approximate surface area is 126 Å². The number of halogens is 2.